The zero-order valence-corrected chi connectivity index (χ0v) is 11.7. The first-order chi connectivity index (χ1) is 8.61. The van der Waals surface area contributed by atoms with Crippen molar-refractivity contribution in [3.63, 3.8) is 0 Å². The SMILES string of the molecule is CC(C)CC(CN)C(=O)NC1CCN2CCCC12. The van der Waals surface area contributed by atoms with Gasteiger partial charge in [0.25, 0.3) is 0 Å². The lowest BCUT2D eigenvalue weighted by molar-refractivity contribution is -0.126. The molecule has 0 aromatic carbocycles. The molecule has 3 atom stereocenters. The lowest BCUT2D eigenvalue weighted by Crippen LogP contribution is -2.46. The van der Waals surface area contributed by atoms with Crippen molar-refractivity contribution in [2.75, 3.05) is 19.6 Å². The summed E-state index contributed by atoms with van der Waals surface area (Å²) in [4.78, 5) is 14.8. The molecule has 3 unspecified atom stereocenters. The molecular formula is C14H27N3O. The molecule has 3 N–H and O–H groups in total. The summed E-state index contributed by atoms with van der Waals surface area (Å²) in [5.41, 5.74) is 5.73. The van der Waals surface area contributed by atoms with E-state index in [0.29, 0.717) is 24.5 Å². The molecule has 4 nitrogen and oxygen atoms in total. The second-order valence-corrected chi connectivity index (χ2v) is 6.21. The minimum absolute atomic E-state index is 0.0135. The number of nitrogens with one attached hydrogen (secondary N) is 1. The number of hydrogen-bond acceptors (Lipinski definition) is 3. The quantitative estimate of drug-likeness (QED) is 0.767. The van der Waals surface area contributed by atoms with Crippen molar-refractivity contribution in [1.29, 1.82) is 0 Å². The first-order valence-electron chi connectivity index (χ1n) is 7.36. The summed E-state index contributed by atoms with van der Waals surface area (Å²) in [6.07, 6.45) is 4.52. The molecule has 0 aromatic heterocycles. The minimum atomic E-state index is -0.0135. The number of rotatable bonds is 5. The average molecular weight is 253 g/mol. The lowest BCUT2D eigenvalue weighted by atomic mass is 9.95. The number of fused-ring (bicyclic) bond motifs is 1. The molecule has 2 aliphatic heterocycles. The van der Waals surface area contributed by atoms with Crippen molar-refractivity contribution in [3.05, 3.63) is 0 Å². The predicted octanol–water partition coefficient (Wildman–Crippen LogP) is 0.960. The molecule has 4 heteroatoms. The maximum Gasteiger partial charge on any atom is 0.224 e. The van der Waals surface area contributed by atoms with Crippen LogP contribution in [-0.4, -0.2) is 42.5 Å². The molecule has 0 aliphatic carbocycles. The minimum Gasteiger partial charge on any atom is -0.351 e. The fourth-order valence-electron chi connectivity index (χ4n) is 3.43. The van der Waals surface area contributed by atoms with Crippen LogP contribution >= 0.6 is 0 Å². The maximum absolute atomic E-state index is 12.2. The van der Waals surface area contributed by atoms with Gasteiger partial charge in [0.05, 0.1) is 5.92 Å². The van der Waals surface area contributed by atoms with Crippen LogP contribution in [0.5, 0.6) is 0 Å². The zero-order chi connectivity index (χ0) is 13.1. The van der Waals surface area contributed by atoms with E-state index in [4.69, 9.17) is 5.73 Å². The van der Waals surface area contributed by atoms with Crippen LogP contribution in [0.4, 0.5) is 0 Å². The third-order valence-electron chi connectivity index (χ3n) is 4.34. The number of carbonyl (C=O) groups is 1. The van der Waals surface area contributed by atoms with Crippen molar-refractivity contribution >= 4 is 5.91 Å². The van der Waals surface area contributed by atoms with Crippen LogP contribution in [0.1, 0.15) is 39.5 Å². The normalized spacial score (nSPS) is 29.6. The van der Waals surface area contributed by atoms with Crippen LogP contribution in [0.15, 0.2) is 0 Å². The highest BCUT2D eigenvalue weighted by Crippen LogP contribution is 2.28. The number of nitrogens with zero attached hydrogens (tertiary/aromatic N) is 1. The molecule has 104 valence electrons. The first-order valence-corrected chi connectivity index (χ1v) is 7.36. The van der Waals surface area contributed by atoms with E-state index in [-0.39, 0.29) is 11.8 Å². The Bertz CT molecular complexity index is 293. The van der Waals surface area contributed by atoms with E-state index >= 15 is 0 Å². The third kappa shape index (κ3) is 3.04. The highest BCUT2D eigenvalue weighted by Gasteiger charge is 2.38. The van der Waals surface area contributed by atoms with Crippen LogP contribution < -0.4 is 11.1 Å². The number of nitrogens with two attached hydrogens (primary N) is 1. The Morgan fingerprint density at radius 2 is 2.17 bits per heavy atom. The van der Waals surface area contributed by atoms with Gasteiger partial charge in [0.1, 0.15) is 0 Å². The average Bonchev–Trinajstić information content (AvgIpc) is 2.90. The van der Waals surface area contributed by atoms with Gasteiger partial charge in [0, 0.05) is 25.2 Å². The molecule has 1 amide bonds. The van der Waals surface area contributed by atoms with Crippen LogP contribution in [0.25, 0.3) is 0 Å². The molecule has 0 aromatic rings. The summed E-state index contributed by atoms with van der Waals surface area (Å²) in [7, 11) is 0. The highest BCUT2D eigenvalue weighted by molar-refractivity contribution is 5.79. The van der Waals surface area contributed by atoms with E-state index in [0.717, 1.165) is 19.4 Å². The molecule has 2 saturated heterocycles. The molecular weight excluding hydrogens is 226 g/mol. The Balaban J connectivity index is 1.86. The van der Waals surface area contributed by atoms with Gasteiger partial charge in [-0.15, -0.1) is 0 Å². The Morgan fingerprint density at radius 3 is 2.83 bits per heavy atom. The largest absolute Gasteiger partial charge is 0.351 e. The maximum atomic E-state index is 12.2. The zero-order valence-electron chi connectivity index (χ0n) is 11.7. The second kappa shape index (κ2) is 6.02. The van der Waals surface area contributed by atoms with Gasteiger partial charge < -0.3 is 11.1 Å². The smallest absolute Gasteiger partial charge is 0.224 e. The molecule has 0 radical (unpaired) electrons. The van der Waals surface area contributed by atoms with Crippen LogP contribution in [0.2, 0.25) is 0 Å². The Kier molecular flexibility index (Phi) is 4.62. The van der Waals surface area contributed by atoms with Gasteiger partial charge in [-0.1, -0.05) is 13.8 Å². The van der Waals surface area contributed by atoms with Crippen LogP contribution in [-0.2, 0) is 4.79 Å². The highest BCUT2D eigenvalue weighted by atomic mass is 16.2. The summed E-state index contributed by atoms with van der Waals surface area (Å²) >= 11 is 0. The van der Waals surface area contributed by atoms with E-state index < -0.39 is 0 Å². The summed E-state index contributed by atoms with van der Waals surface area (Å²) in [6.45, 7) is 7.11. The van der Waals surface area contributed by atoms with Crippen LogP contribution in [0, 0.1) is 11.8 Å². The van der Waals surface area contributed by atoms with Gasteiger partial charge in [-0.3, -0.25) is 9.69 Å². The first kappa shape index (κ1) is 13.8. The number of carbonyl (C=O) groups excluding carboxylic acids is 1. The Labute approximate surface area is 110 Å². The standard InChI is InChI=1S/C14H27N3O/c1-10(2)8-11(9-15)14(18)16-12-5-7-17-6-3-4-13(12)17/h10-13H,3-9,15H2,1-2H3,(H,16,18). The fourth-order valence-corrected chi connectivity index (χ4v) is 3.43. The van der Waals surface area contributed by atoms with Crippen molar-refractivity contribution in [2.45, 2.75) is 51.6 Å². The number of amides is 1. The van der Waals surface area contributed by atoms with E-state index in [1.54, 1.807) is 0 Å². The predicted molar refractivity (Wildman–Crippen MR) is 73.1 cm³/mol. The summed E-state index contributed by atoms with van der Waals surface area (Å²) in [5.74, 6) is 0.682. The molecule has 2 heterocycles. The molecule has 2 fully saturated rings. The van der Waals surface area contributed by atoms with Gasteiger partial charge in [-0.2, -0.15) is 0 Å². The molecule has 0 spiro atoms. The van der Waals surface area contributed by atoms with Crippen LogP contribution in [0.3, 0.4) is 0 Å². The van der Waals surface area contributed by atoms with Gasteiger partial charge in [-0.05, 0) is 38.1 Å². The molecule has 0 bridgehead atoms. The van der Waals surface area contributed by atoms with Crippen molar-refractivity contribution in [2.24, 2.45) is 17.6 Å². The topological polar surface area (TPSA) is 58.4 Å². The van der Waals surface area contributed by atoms with E-state index in [9.17, 15) is 4.79 Å². The number of hydrogen-bond donors (Lipinski definition) is 2. The molecule has 0 saturated carbocycles. The summed E-state index contributed by atoms with van der Waals surface area (Å²) in [6, 6.07) is 0.952. The second-order valence-electron chi connectivity index (χ2n) is 6.21. The molecule has 2 rings (SSSR count). The molecule has 18 heavy (non-hydrogen) atoms. The lowest BCUT2D eigenvalue weighted by Gasteiger charge is -2.24. The van der Waals surface area contributed by atoms with Crippen molar-refractivity contribution in [3.8, 4) is 0 Å². The van der Waals surface area contributed by atoms with Gasteiger partial charge in [0.2, 0.25) is 5.91 Å². The van der Waals surface area contributed by atoms with E-state index in [2.05, 4.69) is 24.1 Å². The monoisotopic (exact) mass is 253 g/mol. The third-order valence-corrected chi connectivity index (χ3v) is 4.34. The summed E-state index contributed by atoms with van der Waals surface area (Å²) in [5, 5.41) is 3.25. The van der Waals surface area contributed by atoms with Crippen molar-refractivity contribution < 1.29 is 4.79 Å². The molecule has 2 aliphatic rings. The van der Waals surface area contributed by atoms with Gasteiger partial charge in [0.15, 0.2) is 0 Å². The fraction of sp³-hybridized carbons (Fsp3) is 0.929. The van der Waals surface area contributed by atoms with E-state index in [1.165, 1.54) is 19.4 Å². The Hall–Kier alpha value is -0.610. The van der Waals surface area contributed by atoms with Gasteiger partial charge in [-0.25, -0.2) is 0 Å². The van der Waals surface area contributed by atoms with E-state index in [1.807, 2.05) is 0 Å². The van der Waals surface area contributed by atoms with Crippen molar-refractivity contribution in [1.82, 2.24) is 10.2 Å². The summed E-state index contributed by atoms with van der Waals surface area (Å²) < 4.78 is 0. The Morgan fingerprint density at radius 1 is 1.39 bits per heavy atom. The van der Waals surface area contributed by atoms with Gasteiger partial charge >= 0.3 is 0 Å².